The summed E-state index contributed by atoms with van der Waals surface area (Å²) in [4.78, 5) is 2.50. The highest BCUT2D eigenvalue weighted by molar-refractivity contribution is 7.98. The van der Waals surface area contributed by atoms with Crippen LogP contribution in [-0.2, 0) is 13.1 Å². The van der Waals surface area contributed by atoms with Crippen LogP contribution in [0.5, 0.6) is 0 Å². The molecular weight excluding hydrogens is 216 g/mol. The molecule has 1 unspecified atom stereocenters. The Labute approximate surface area is 102 Å². The summed E-state index contributed by atoms with van der Waals surface area (Å²) in [5.41, 5.74) is 9.71. The van der Waals surface area contributed by atoms with Crippen molar-refractivity contribution in [2.75, 3.05) is 24.3 Å². The van der Waals surface area contributed by atoms with Gasteiger partial charge in [-0.3, -0.25) is 4.90 Å². The summed E-state index contributed by atoms with van der Waals surface area (Å²) in [6.45, 7) is 5.59. The van der Waals surface area contributed by atoms with Gasteiger partial charge in [0.1, 0.15) is 0 Å². The third-order valence-electron chi connectivity index (χ3n) is 3.11. The zero-order valence-electron chi connectivity index (χ0n) is 10.1. The van der Waals surface area contributed by atoms with Gasteiger partial charge >= 0.3 is 0 Å². The van der Waals surface area contributed by atoms with Crippen molar-refractivity contribution in [1.29, 1.82) is 0 Å². The summed E-state index contributed by atoms with van der Waals surface area (Å²) in [7, 11) is 0. The monoisotopic (exact) mass is 236 g/mol. The number of rotatable bonds is 4. The van der Waals surface area contributed by atoms with Crippen LogP contribution in [0.1, 0.15) is 18.1 Å². The number of nitrogens with zero attached hydrogens (tertiary/aromatic N) is 1. The zero-order chi connectivity index (χ0) is 11.5. The minimum absolute atomic E-state index is 0.755. The predicted molar refractivity (Wildman–Crippen MR) is 72.5 cm³/mol. The number of nitrogens with two attached hydrogens (primary N) is 1. The van der Waals surface area contributed by atoms with Crippen molar-refractivity contribution in [3.8, 4) is 0 Å². The van der Waals surface area contributed by atoms with E-state index in [0.29, 0.717) is 0 Å². The van der Waals surface area contributed by atoms with Crippen molar-refractivity contribution >= 4 is 17.4 Å². The van der Waals surface area contributed by atoms with E-state index in [0.717, 1.165) is 24.7 Å². The summed E-state index contributed by atoms with van der Waals surface area (Å²) >= 11 is 1.93. The quantitative estimate of drug-likeness (QED) is 0.815. The average Bonchev–Trinajstić information content (AvgIpc) is 2.62. The van der Waals surface area contributed by atoms with E-state index in [1.54, 1.807) is 0 Å². The molecule has 0 fully saturated rings. The molecule has 1 aromatic carbocycles. The Morgan fingerprint density at radius 3 is 2.94 bits per heavy atom. The molecule has 1 atom stereocenters. The summed E-state index contributed by atoms with van der Waals surface area (Å²) in [6, 6.07) is 6.27. The smallest absolute Gasteiger partial charge is 0.0363 e. The molecule has 1 aliphatic rings. The molecule has 2 nitrogen and oxygen atoms in total. The average molecular weight is 236 g/mol. The first-order valence-electron chi connectivity index (χ1n) is 5.78. The normalized spacial score (nSPS) is 17.4. The number of thioether (sulfide) groups is 1. The Balaban J connectivity index is 1.98. The summed E-state index contributed by atoms with van der Waals surface area (Å²) in [6.07, 6.45) is 2.17. The molecule has 88 valence electrons. The summed E-state index contributed by atoms with van der Waals surface area (Å²) in [5, 5.41) is 0. The van der Waals surface area contributed by atoms with Crippen LogP contribution in [0.25, 0.3) is 0 Å². The van der Waals surface area contributed by atoms with Gasteiger partial charge in [-0.15, -0.1) is 0 Å². The lowest BCUT2D eigenvalue weighted by atomic mass is 10.1. The van der Waals surface area contributed by atoms with Crippen molar-refractivity contribution in [2.45, 2.75) is 20.0 Å². The van der Waals surface area contributed by atoms with Gasteiger partial charge in [0, 0.05) is 25.3 Å². The maximum atomic E-state index is 5.99. The first-order valence-corrected chi connectivity index (χ1v) is 7.17. The van der Waals surface area contributed by atoms with Gasteiger partial charge in [0.15, 0.2) is 0 Å². The van der Waals surface area contributed by atoms with Crippen molar-refractivity contribution in [3.63, 3.8) is 0 Å². The van der Waals surface area contributed by atoms with Crippen LogP contribution < -0.4 is 5.73 Å². The van der Waals surface area contributed by atoms with E-state index in [1.807, 2.05) is 17.8 Å². The second-order valence-electron chi connectivity index (χ2n) is 4.72. The maximum absolute atomic E-state index is 5.99. The summed E-state index contributed by atoms with van der Waals surface area (Å²) < 4.78 is 0. The van der Waals surface area contributed by atoms with Gasteiger partial charge in [-0.1, -0.05) is 19.1 Å². The molecule has 1 aliphatic heterocycles. The highest BCUT2D eigenvalue weighted by Gasteiger charge is 2.21. The lowest BCUT2D eigenvalue weighted by molar-refractivity contribution is 0.253. The highest BCUT2D eigenvalue weighted by atomic mass is 32.2. The van der Waals surface area contributed by atoms with E-state index in [4.69, 9.17) is 5.73 Å². The molecule has 3 heteroatoms. The topological polar surface area (TPSA) is 29.3 Å². The fourth-order valence-corrected chi connectivity index (χ4v) is 3.10. The standard InChI is InChI=1S/C13H20N2S/c1-10(9-16-2)6-15-7-11-4-3-5-13(14)12(11)8-15/h3-5,10H,6-9,14H2,1-2H3. The number of anilines is 1. The Kier molecular flexibility index (Phi) is 3.77. The molecule has 0 bridgehead atoms. The minimum atomic E-state index is 0.755. The number of hydrogen-bond acceptors (Lipinski definition) is 3. The van der Waals surface area contributed by atoms with Crippen LogP contribution in [0.4, 0.5) is 5.69 Å². The van der Waals surface area contributed by atoms with Gasteiger partial charge in [-0.05, 0) is 35.1 Å². The number of hydrogen-bond donors (Lipinski definition) is 1. The second kappa shape index (κ2) is 5.11. The molecule has 0 spiro atoms. The molecule has 0 saturated heterocycles. The van der Waals surface area contributed by atoms with Crippen molar-refractivity contribution < 1.29 is 0 Å². The Morgan fingerprint density at radius 2 is 2.25 bits per heavy atom. The van der Waals surface area contributed by atoms with Gasteiger partial charge < -0.3 is 5.73 Å². The third-order valence-corrected chi connectivity index (χ3v) is 4.01. The molecule has 0 amide bonds. The minimum Gasteiger partial charge on any atom is -0.398 e. The molecular formula is C13H20N2S. The first-order chi connectivity index (χ1) is 7.70. The summed E-state index contributed by atoms with van der Waals surface area (Å²) in [5.74, 6) is 1.99. The maximum Gasteiger partial charge on any atom is 0.0363 e. The van der Waals surface area contributed by atoms with Gasteiger partial charge in [0.25, 0.3) is 0 Å². The van der Waals surface area contributed by atoms with Crippen LogP contribution >= 0.6 is 11.8 Å². The van der Waals surface area contributed by atoms with Crippen LogP contribution in [0.15, 0.2) is 18.2 Å². The van der Waals surface area contributed by atoms with Gasteiger partial charge in [-0.25, -0.2) is 0 Å². The predicted octanol–water partition coefficient (Wildman–Crippen LogP) is 2.58. The van der Waals surface area contributed by atoms with E-state index in [2.05, 4.69) is 30.2 Å². The van der Waals surface area contributed by atoms with Gasteiger partial charge in [0.2, 0.25) is 0 Å². The second-order valence-corrected chi connectivity index (χ2v) is 5.63. The number of fused-ring (bicyclic) bond motifs is 1. The van der Waals surface area contributed by atoms with Crippen molar-refractivity contribution in [3.05, 3.63) is 29.3 Å². The van der Waals surface area contributed by atoms with Crippen LogP contribution in [-0.4, -0.2) is 23.5 Å². The fraction of sp³-hybridized carbons (Fsp3) is 0.538. The molecule has 0 radical (unpaired) electrons. The largest absolute Gasteiger partial charge is 0.398 e. The van der Waals surface area contributed by atoms with Crippen LogP contribution in [0.3, 0.4) is 0 Å². The van der Waals surface area contributed by atoms with E-state index < -0.39 is 0 Å². The van der Waals surface area contributed by atoms with E-state index in [9.17, 15) is 0 Å². The Bertz CT molecular complexity index is 365. The van der Waals surface area contributed by atoms with E-state index in [1.165, 1.54) is 23.4 Å². The zero-order valence-corrected chi connectivity index (χ0v) is 10.9. The van der Waals surface area contributed by atoms with E-state index >= 15 is 0 Å². The van der Waals surface area contributed by atoms with E-state index in [-0.39, 0.29) is 0 Å². The Hall–Kier alpha value is -0.670. The third kappa shape index (κ3) is 2.53. The van der Waals surface area contributed by atoms with Crippen molar-refractivity contribution in [1.82, 2.24) is 4.90 Å². The van der Waals surface area contributed by atoms with Crippen molar-refractivity contribution in [2.24, 2.45) is 5.92 Å². The SMILES string of the molecule is CSCC(C)CN1Cc2cccc(N)c2C1. The lowest BCUT2D eigenvalue weighted by Crippen LogP contribution is -2.24. The molecule has 16 heavy (non-hydrogen) atoms. The molecule has 0 aliphatic carbocycles. The molecule has 0 saturated carbocycles. The highest BCUT2D eigenvalue weighted by Crippen LogP contribution is 2.28. The molecule has 2 rings (SSSR count). The molecule has 1 aromatic rings. The van der Waals surface area contributed by atoms with Gasteiger partial charge in [-0.2, -0.15) is 11.8 Å². The van der Waals surface area contributed by atoms with Gasteiger partial charge in [0.05, 0.1) is 0 Å². The first kappa shape index (κ1) is 11.8. The molecule has 2 N–H and O–H groups in total. The van der Waals surface area contributed by atoms with Crippen LogP contribution in [0.2, 0.25) is 0 Å². The molecule has 1 heterocycles. The van der Waals surface area contributed by atoms with Crippen LogP contribution in [0, 0.1) is 5.92 Å². The lowest BCUT2D eigenvalue weighted by Gasteiger charge is -2.19. The molecule has 0 aromatic heterocycles. The number of nitrogen functional groups attached to an aromatic ring is 1. The fourth-order valence-electron chi connectivity index (χ4n) is 2.42. The Morgan fingerprint density at radius 1 is 1.44 bits per heavy atom. The number of benzene rings is 1.